The van der Waals surface area contributed by atoms with Crippen LogP contribution in [0.4, 0.5) is 5.69 Å². The average molecular weight is 369 g/mol. The first-order valence-corrected chi connectivity index (χ1v) is 8.99. The van der Waals surface area contributed by atoms with E-state index in [1.807, 2.05) is 48.5 Å². The molecule has 0 spiro atoms. The van der Waals surface area contributed by atoms with E-state index in [4.69, 9.17) is 9.47 Å². The van der Waals surface area contributed by atoms with Gasteiger partial charge in [-0.2, -0.15) is 5.10 Å². The van der Waals surface area contributed by atoms with Crippen molar-refractivity contribution < 1.29 is 14.3 Å². The third-order valence-corrected chi connectivity index (χ3v) is 3.79. The molecule has 0 aliphatic rings. The summed E-state index contributed by atoms with van der Waals surface area (Å²) in [6.07, 6.45) is 2.63. The van der Waals surface area contributed by atoms with Crippen molar-refractivity contribution in [2.24, 2.45) is 11.0 Å². The SMILES string of the molecule is COc1ccc(NCC(=O)N/N=C/c2ccc(OCCC(C)C)cc2)cc1. The molecule has 6 heteroatoms. The number of ether oxygens (including phenoxy) is 2. The van der Waals surface area contributed by atoms with Crippen LogP contribution in [-0.4, -0.2) is 32.4 Å². The molecule has 144 valence electrons. The van der Waals surface area contributed by atoms with E-state index in [2.05, 4.69) is 29.7 Å². The molecule has 27 heavy (non-hydrogen) atoms. The van der Waals surface area contributed by atoms with E-state index >= 15 is 0 Å². The zero-order chi connectivity index (χ0) is 19.5. The van der Waals surface area contributed by atoms with Gasteiger partial charge in [0.05, 0.1) is 26.5 Å². The Balaban J connectivity index is 1.71. The topological polar surface area (TPSA) is 72.0 Å². The number of methoxy groups -OCH3 is 1. The van der Waals surface area contributed by atoms with E-state index in [1.165, 1.54) is 0 Å². The van der Waals surface area contributed by atoms with Crippen LogP contribution in [0.25, 0.3) is 0 Å². The van der Waals surface area contributed by atoms with Crippen molar-refractivity contribution >= 4 is 17.8 Å². The Kier molecular flexibility index (Phi) is 8.16. The van der Waals surface area contributed by atoms with Gasteiger partial charge in [-0.3, -0.25) is 4.79 Å². The third-order valence-electron chi connectivity index (χ3n) is 3.79. The van der Waals surface area contributed by atoms with Gasteiger partial charge in [-0.1, -0.05) is 13.8 Å². The van der Waals surface area contributed by atoms with Crippen molar-refractivity contribution in [3.8, 4) is 11.5 Å². The van der Waals surface area contributed by atoms with E-state index in [0.717, 1.165) is 29.2 Å². The van der Waals surface area contributed by atoms with Crippen molar-refractivity contribution in [3.05, 3.63) is 54.1 Å². The minimum absolute atomic E-state index is 0.131. The van der Waals surface area contributed by atoms with Gasteiger partial charge in [0.2, 0.25) is 0 Å². The third kappa shape index (κ3) is 7.81. The first kappa shape index (κ1) is 20.3. The highest BCUT2D eigenvalue weighted by Crippen LogP contribution is 2.14. The second-order valence-corrected chi connectivity index (χ2v) is 6.48. The summed E-state index contributed by atoms with van der Waals surface area (Å²) in [6, 6.07) is 14.9. The monoisotopic (exact) mass is 369 g/mol. The second kappa shape index (κ2) is 10.9. The Morgan fingerprint density at radius 3 is 2.37 bits per heavy atom. The molecular formula is C21H27N3O3. The van der Waals surface area contributed by atoms with Crippen LogP contribution in [0.5, 0.6) is 11.5 Å². The van der Waals surface area contributed by atoms with E-state index in [1.54, 1.807) is 13.3 Å². The maximum absolute atomic E-state index is 11.8. The Bertz CT molecular complexity index is 725. The van der Waals surface area contributed by atoms with Gasteiger partial charge in [-0.25, -0.2) is 5.43 Å². The zero-order valence-corrected chi connectivity index (χ0v) is 16.1. The molecule has 0 radical (unpaired) electrons. The summed E-state index contributed by atoms with van der Waals surface area (Å²) in [5.74, 6) is 2.00. The van der Waals surface area contributed by atoms with E-state index in [-0.39, 0.29) is 12.5 Å². The Labute approximate surface area is 160 Å². The summed E-state index contributed by atoms with van der Waals surface area (Å²) in [5, 5.41) is 6.99. The number of amides is 1. The minimum atomic E-state index is -0.226. The van der Waals surface area contributed by atoms with Crippen LogP contribution in [0.15, 0.2) is 53.6 Å². The molecule has 0 saturated carbocycles. The predicted octanol–water partition coefficient (Wildman–Crippen LogP) is 3.68. The molecule has 1 amide bonds. The summed E-state index contributed by atoms with van der Waals surface area (Å²) in [6.45, 7) is 5.18. The normalized spacial score (nSPS) is 10.8. The molecule has 0 saturated heterocycles. The highest BCUT2D eigenvalue weighted by Gasteiger charge is 2.00. The van der Waals surface area contributed by atoms with Crippen LogP contribution >= 0.6 is 0 Å². The summed E-state index contributed by atoms with van der Waals surface area (Å²) in [7, 11) is 1.61. The fourth-order valence-corrected chi connectivity index (χ4v) is 2.17. The van der Waals surface area contributed by atoms with E-state index < -0.39 is 0 Å². The molecule has 0 bridgehead atoms. The number of carbonyl (C=O) groups excluding carboxylic acids is 1. The number of nitrogens with zero attached hydrogens (tertiary/aromatic N) is 1. The number of nitrogens with one attached hydrogen (secondary N) is 2. The fourth-order valence-electron chi connectivity index (χ4n) is 2.17. The van der Waals surface area contributed by atoms with Crippen LogP contribution in [0, 0.1) is 5.92 Å². The number of hydrogen-bond donors (Lipinski definition) is 2. The lowest BCUT2D eigenvalue weighted by Gasteiger charge is -2.08. The smallest absolute Gasteiger partial charge is 0.259 e. The lowest BCUT2D eigenvalue weighted by Crippen LogP contribution is -2.25. The van der Waals surface area contributed by atoms with Gasteiger partial charge in [0.1, 0.15) is 11.5 Å². The lowest BCUT2D eigenvalue weighted by atomic mass is 10.1. The van der Waals surface area contributed by atoms with Gasteiger partial charge >= 0.3 is 0 Å². The molecule has 0 aliphatic heterocycles. The second-order valence-electron chi connectivity index (χ2n) is 6.48. The summed E-state index contributed by atoms with van der Waals surface area (Å²) >= 11 is 0. The maximum Gasteiger partial charge on any atom is 0.259 e. The van der Waals surface area contributed by atoms with Crippen LogP contribution in [0.1, 0.15) is 25.8 Å². The van der Waals surface area contributed by atoms with E-state index in [9.17, 15) is 4.79 Å². The van der Waals surface area contributed by atoms with E-state index in [0.29, 0.717) is 12.5 Å². The molecule has 0 heterocycles. The maximum atomic E-state index is 11.8. The van der Waals surface area contributed by atoms with Crippen molar-refractivity contribution in [1.29, 1.82) is 0 Å². The Morgan fingerprint density at radius 1 is 1.07 bits per heavy atom. The largest absolute Gasteiger partial charge is 0.497 e. The van der Waals surface area contributed by atoms with Crippen molar-refractivity contribution in [1.82, 2.24) is 5.43 Å². The van der Waals surface area contributed by atoms with Crippen molar-refractivity contribution in [2.75, 3.05) is 25.6 Å². The Hall–Kier alpha value is -3.02. The lowest BCUT2D eigenvalue weighted by molar-refractivity contribution is -0.119. The van der Waals surface area contributed by atoms with Gasteiger partial charge in [0.15, 0.2) is 0 Å². The number of rotatable bonds is 10. The minimum Gasteiger partial charge on any atom is -0.497 e. The number of hydrogen-bond acceptors (Lipinski definition) is 5. The molecule has 0 aromatic heterocycles. The number of benzene rings is 2. The van der Waals surface area contributed by atoms with Crippen LogP contribution in [0.2, 0.25) is 0 Å². The van der Waals surface area contributed by atoms with Gasteiger partial charge in [-0.05, 0) is 66.4 Å². The Morgan fingerprint density at radius 2 is 1.74 bits per heavy atom. The van der Waals surface area contributed by atoms with Gasteiger partial charge in [0.25, 0.3) is 5.91 Å². The first-order chi connectivity index (χ1) is 13.1. The van der Waals surface area contributed by atoms with Gasteiger partial charge < -0.3 is 14.8 Å². The number of hydrazone groups is 1. The first-order valence-electron chi connectivity index (χ1n) is 8.99. The fraction of sp³-hybridized carbons (Fsp3) is 0.333. The van der Waals surface area contributed by atoms with Crippen molar-refractivity contribution in [3.63, 3.8) is 0 Å². The molecule has 6 nitrogen and oxygen atoms in total. The molecule has 2 aromatic rings. The molecule has 0 aliphatic carbocycles. The van der Waals surface area contributed by atoms with Gasteiger partial charge in [-0.15, -0.1) is 0 Å². The van der Waals surface area contributed by atoms with Gasteiger partial charge in [0, 0.05) is 5.69 Å². The highest BCUT2D eigenvalue weighted by atomic mass is 16.5. The molecule has 2 aromatic carbocycles. The van der Waals surface area contributed by atoms with Crippen LogP contribution in [-0.2, 0) is 4.79 Å². The highest BCUT2D eigenvalue weighted by molar-refractivity contribution is 5.84. The molecule has 2 N–H and O–H groups in total. The average Bonchev–Trinajstić information content (AvgIpc) is 2.68. The molecule has 0 unspecified atom stereocenters. The van der Waals surface area contributed by atoms with Crippen molar-refractivity contribution in [2.45, 2.75) is 20.3 Å². The summed E-state index contributed by atoms with van der Waals surface area (Å²) in [4.78, 5) is 11.8. The standard InChI is InChI=1S/C21H27N3O3/c1-16(2)12-13-27-20-8-4-17(5-9-20)14-23-24-21(25)15-22-18-6-10-19(26-3)11-7-18/h4-11,14,16,22H,12-13,15H2,1-3H3,(H,24,25)/b23-14+. The molecule has 2 rings (SSSR count). The predicted molar refractivity (Wildman–Crippen MR) is 109 cm³/mol. The molecular weight excluding hydrogens is 342 g/mol. The van der Waals surface area contributed by atoms with Crippen LogP contribution < -0.4 is 20.2 Å². The number of anilines is 1. The zero-order valence-electron chi connectivity index (χ0n) is 16.1. The molecule has 0 fully saturated rings. The quantitative estimate of drug-likeness (QED) is 0.495. The molecule has 0 atom stereocenters. The summed E-state index contributed by atoms with van der Waals surface area (Å²) < 4.78 is 10.8. The van der Waals surface area contributed by atoms with Crippen LogP contribution in [0.3, 0.4) is 0 Å². The summed E-state index contributed by atoms with van der Waals surface area (Å²) in [5.41, 5.74) is 4.22. The number of carbonyl (C=O) groups is 1.